The molecule has 2 N–H and O–H groups in total. The Bertz CT molecular complexity index is 286. The third-order valence-electron chi connectivity index (χ3n) is 2.85. The molecule has 4 nitrogen and oxygen atoms in total. The SMILES string of the molecule is CC1CN(C(=O)[C@@H](C)N)CCN1CC(F)(F)F.Cl. The maximum atomic E-state index is 12.3. The van der Waals surface area contributed by atoms with E-state index in [1.165, 1.54) is 9.80 Å². The number of nitrogens with zero attached hydrogens (tertiary/aromatic N) is 2. The molecule has 0 spiro atoms. The maximum Gasteiger partial charge on any atom is 0.401 e. The van der Waals surface area contributed by atoms with Gasteiger partial charge in [-0.05, 0) is 13.8 Å². The number of piperazine rings is 1. The first-order valence-corrected chi connectivity index (χ1v) is 5.56. The molecule has 0 aliphatic carbocycles. The second kappa shape index (κ2) is 6.58. The number of rotatable bonds is 2. The number of carbonyl (C=O) groups is 1. The van der Waals surface area contributed by atoms with Gasteiger partial charge in [0.15, 0.2) is 0 Å². The number of hydrogen-bond acceptors (Lipinski definition) is 3. The summed E-state index contributed by atoms with van der Waals surface area (Å²) in [5, 5.41) is 0. The molecule has 0 radical (unpaired) electrons. The Labute approximate surface area is 111 Å². The standard InChI is InChI=1S/C10H18F3N3O.ClH/c1-7-5-15(9(17)8(2)14)3-4-16(7)6-10(11,12)13;/h7-8H,3-6,14H2,1-2H3;1H/t7?,8-;/m1./s1. The summed E-state index contributed by atoms with van der Waals surface area (Å²) in [5.41, 5.74) is 5.46. The molecule has 1 aliphatic heterocycles. The van der Waals surface area contributed by atoms with Crippen molar-refractivity contribution in [3.8, 4) is 0 Å². The largest absolute Gasteiger partial charge is 0.401 e. The van der Waals surface area contributed by atoms with Crippen LogP contribution in [0.25, 0.3) is 0 Å². The van der Waals surface area contributed by atoms with Crippen LogP contribution >= 0.6 is 12.4 Å². The van der Waals surface area contributed by atoms with Gasteiger partial charge in [-0.1, -0.05) is 0 Å². The fourth-order valence-corrected chi connectivity index (χ4v) is 1.95. The van der Waals surface area contributed by atoms with E-state index in [2.05, 4.69) is 0 Å². The Morgan fingerprint density at radius 2 is 2.00 bits per heavy atom. The molecular weight excluding hydrogens is 271 g/mol. The molecule has 1 fully saturated rings. The Morgan fingerprint density at radius 1 is 1.44 bits per heavy atom. The van der Waals surface area contributed by atoms with Crippen LogP contribution in [0.5, 0.6) is 0 Å². The molecule has 1 unspecified atom stereocenters. The fourth-order valence-electron chi connectivity index (χ4n) is 1.95. The average molecular weight is 290 g/mol. The summed E-state index contributed by atoms with van der Waals surface area (Å²) >= 11 is 0. The first-order chi connectivity index (χ1) is 7.70. The molecule has 0 aromatic heterocycles. The van der Waals surface area contributed by atoms with Gasteiger partial charge in [-0.25, -0.2) is 0 Å². The fraction of sp³-hybridized carbons (Fsp3) is 0.900. The summed E-state index contributed by atoms with van der Waals surface area (Å²) in [7, 11) is 0. The highest BCUT2D eigenvalue weighted by atomic mass is 35.5. The molecule has 1 saturated heterocycles. The zero-order valence-corrected chi connectivity index (χ0v) is 11.2. The van der Waals surface area contributed by atoms with Crippen LogP contribution in [0.4, 0.5) is 13.2 Å². The van der Waals surface area contributed by atoms with Crippen LogP contribution in [0.3, 0.4) is 0 Å². The van der Waals surface area contributed by atoms with Gasteiger partial charge < -0.3 is 10.6 Å². The minimum Gasteiger partial charge on any atom is -0.339 e. The lowest BCUT2D eigenvalue weighted by Crippen LogP contribution is -2.57. The minimum absolute atomic E-state index is 0. The summed E-state index contributed by atoms with van der Waals surface area (Å²) in [6.45, 7) is 3.19. The molecule has 108 valence electrons. The Morgan fingerprint density at radius 3 is 2.39 bits per heavy atom. The van der Waals surface area contributed by atoms with Crippen LogP contribution < -0.4 is 5.73 Å². The predicted molar refractivity (Wildman–Crippen MR) is 64.6 cm³/mol. The zero-order valence-electron chi connectivity index (χ0n) is 10.4. The van der Waals surface area contributed by atoms with Crippen molar-refractivity contribution in [2.75, 3.05) is 26.2 Å². The highest BCUT2D eigenvalue weighted by Crippen LogP contribution is 2.20. The highest BCUT2D eigenvalue weighted by Gasteiger charge is 2.36. The van der Waals surface area contributed by atoms with Crippen molar-refractivity contribution in [1.29, 1.82) is 0 Å². The maximum absolute atomic E-state index is 12.3. The second-order valence-corrected chi connectivity index (χ2v) is 4.51. The van der Waals surface area contributed by atoms with E-state index in [0.717, 1.165) is 0 Å². The van der Waals surface area contributed by atoms with Crippen molar-refractivity contribution < 1.29 is 18.0 Å². The molecule has 0 bridgehead atoms. The molecule has 0 aromatic rings. The Balaban J connectivity index is 0.00000289. The molecule has 1 aliphatic rings. The third-order valence-corrected chi connectivity index (χ3v) is 2.85. The average Bonchev–Trinajstić information content (AvgIpc) is 2.18. The third kappa shape index (κ3) is 4.99. The summed E-state index contributed by atoms with van der Waals surface area (Å²) in [4.78, 5) is 14.5. The lowest BCUT2D eigenvalue weighted by Gasteiger charge is -2.40. The van der Waals surface area contributed by atoms with Gasteiger partial charge in [0.25, 0.3) is 0 Å². The summed E-state index contributed by atoms with van der Waals surface area (Å²) in [5.74, 6) is -0.205. The van der Waals surface area contributed by atoms with Crippen molar-refractivity contribution in [1.82, 2.24) is 9.80 Å². The van der Waals surface area contributed by atoms with E-state index in [0.29, 0.717) is 13.1 Å². The minimum atomic E-state index is -4.19. The van der Waals surface area contributed by atoms with E-state index in [9.17, 15) is 18.0 Å². The molecule has 1 heterocycles. The number of amides is 1. The number of carbonyl (C=O) groups excluding carboxylic acids is 1. The van der Waals surface area contributed by atoms with E-state index >= 15 is 0 Å². The summed E-state index contributed by atoms with van der Waals surface area (Å²) < 4.78 is 36.8. The van der Waals surface area contributed by atoms with Crippen LogP contribution in [0.15, 0.2) is 0 Å². The molecule has 18 heavy (non-hydrogen) atoms. The van der Waals surface area contributed by atoms with Gasteiger partial charge >= 0.3 is 6.18 Å². The quantitative estimate of drug-likeness (QED) is 0.820. The lowest BCUT2D eigenvalue weighted by atomic mass is 10.1. The summed E-state index contributed by atoms with van der Waals surface area (Å²) in [6, 6.07) is -0.899. The van der Waals surface area contributed by atoms with E-state index in [1.54, 1.807) is 13.8 Å². The first-order valence-electron chi connectivity index (χ1n) is 5.56. The van der Waals surface area contributed by atoms with Crippen LogP contribution in [-0.2, 0) is 4.79 Å². The topological polar surface area (TPSA) is 49.6 Å². The van der Waals surface area contributed by atoms with Gasteiger partial charge in [-0.2, -0.15) is 13.2 Å². The monoisotopic (exact) mass is 289 g/mol. The van der Waals surface area contributed by atoms with Gasteiger partial charge in [-0.3, -0.25) is 9.69 Å². The van der Waals surface area contributed by atoms with Gasteiger partial charge in [0, 0.05) is 25.7 Å². The normalized spacial score (nSPS) is 23.4. The number of nitrogens with two attached hydrogens (primary N) is 1. The number of halogens is 4. The second-order valence-electron chi connectivity index (χ2n) is 4.51. The number of hydrogen-bond donors (Lipinski definition) is 1. The molecule has 1 amide bonds. The first kappa shape index (κ1) is 17.5. The molecule has 0 saturated carbocycles. The van der Waals surface area contributed by atoms with Crippen LogP contribution in [0, 0.1) is 0 Å². The van der Waals surface area contributed by atoms with Gasteiger partial charge in [-0.15, -0.1) is 12.4 Å². The molecule has 1 rings (SSSR count). The Hall–Kier alpha value is -0.530. The van der Waals surface area contributed by atoms with Crippen molar-refractivity contribution in [3.63, 3.8) is 0 Å². The lowest BCUT2D eigenvalue weighted by molar-refractivity contribution is -0.157. The van der Waals surface area contributed by atoms with E-state index in [1.807, 2.05) is 0 Å². The van der Waals surface area contributed by atoms with Crippen molar-refractivity contribution in [3.05, 3.63) is 0 Å². The molecule has 2 atom stereocenters. The van der Waals surface area contributed by atoms with Crippen LogP contribution in [-0.4, -0.2) is 60.1 Å². The Kier molecular flexibility index (Phi) is 6.39. The van der Waals surface area contributed by atoms with E-state index < -0.39 is 18.8 Å². The van der Waals surface area contributed by atoms with E-state index in [-0.39, 0.29) is 30.9 Å². The smallest absolute Gasteiger partial charge is 0.339 e. The number of alkyl halides is 3. The van der Waals surface area contributed by atoms with Gasteiger partial charge in [0.1, 0.15) is 0 Å². The van der Waals surface area contributed by atoms with Crippen molar-refractivity contribution in [2.45, 2.75) is 32.1 Å². The van der Waals surface area contributed by atoms with Crippen molar-refractivity contribution in [2.24, 2.45) is 5.73 Å². The molecule has 0 aromatic carbocycles. The van der Waals surface area contributed by atoms with Crippen LogP contribution in [0.1, 0.15) is 13.8 Å². The molecular formula is C10H19ClF3N3O. The predicted octanol–water partition coefficient (Wildman–Crippen LogP) is 0.850. The molecule has 8 heteroatoms. The zero-order chi connectivity index (χ0) is 13.2. The highest BCUT2D eigenvalue weighted by molar-refractivity contribution is 5.85. The van der Waals surface area contributed by atoms with Crippen molar-refractivity contribution >= 4 is 18.3 Å². The van der Waals surface area contributed by atoms with E-state index in [4.69, 9.17) is 5.73 Å². The summed E-state index contributed by atoms with van der Waals surface area (Å²) in [6.07, 6.45) is -4.19. The van der Waals surface area contributed by atoms with Gasteiger partial charge in [0.2, 0.25) is 5.91 Å². The van der Waals surface area contributed by atoms with Gasteiger partial charge in [0.05, 0.1) is 12.6 Å². The van der Waals surface area contributed by atoms with Crippen LogP contribution in [0.2, 0.25) is 0 Å².